The lowest BCUT2D eigenvalue weighted by Crippen LogP contribution is -2.59. The van der Waals surface area contributed by atoms with Crippen molar-refractivity contribution in [3.05, 3.63) is 193 Å². The first kappa shape index (κ1) is 33.8. The van der Waals surface area contributed by atoms with E-state index in [1.54, 1.807) is 0 Å². The molecule has 0 bridgehead atoms. The summed E-state index contributed by atoms with van der Waals surface area (Å²) >= 11 is 0. The zero-order chi connectivity index (χ0) is 38.0. The first-order chi connectivity index (χ1) is 28.2. The summed E-state index contributed by atoms with van der Waals surface area (Å²) in [4.78, 5) is 0. The molecule has 3 N–H and O–H groups in total. The molecule has 4 heterocycles. The Morgan fingerprint density at radius 1 is 0.526 bits per heavy atom. The van der Waals surface area contributed by atoms with Crippen molar-refractivity contribution in [1.29, 1.82) is 0 Å². The van der Waals surface area contributed by atoms with Gasteiger partial charge in [0.25, 0.3) is 0 Å². The highest BCUT2D eigenvalue weighted by atomic mass is 15.4. The van der Waals surface area contributed by atoms with E-state index in [1.807, 2.05) is 0 Å². The van der Waals surface area contributed by atoms with E-state index in [0.29, 0.717) is 0 Å². The van der Waals surface area contributed by atoms with Crippen LogP contribution in [0.25, 0.3) is 77.2 Å². The van der Waals surface area contributed by atoms with Crippen LogP contribution in [0.15, 0.2) is 182 Å². The second kappa shape index (κ2) is 13.6. The minimum atomic E-state index is -0.0666. The van der Waals surface area contributed by atoms with Crippen molar-refractivity contribution in [3.63, 3.8) is 0 Å². The lowest BCUT2D eigenvalue weighted by molar-refractivity contribution is 0.224. The fourth-order valence-electron chi connectivity index (χ4n) is 9.51. The number of nitrogens with zero attached hydrogens (tertiary/aromatic N) is 2. The second-order valence-corrected chi connectivity index (χ2v) is 15.3. The molecule has 276 valence electrons. The summed E-state index contributed by atoms with van der Waals surface area (Å²) in [7, 11) is 0. The Labute approximate surface area is 332 Å². The molecule has 3 atom stereocenters. The molecule has 11 rings (SSSR count). The Morgan fingerprint density at radius 2 is 1.14 bits per heavy atom. The zero-order valence-corrected chi connectivity index (χ0v) is 32.1. The van der Waals surface area contributed by atoms with Gasteiger partial charge in [0.15, 0.2) is 0 Å². The van der Waals surface area contributed by atoms with Gasteiger partial charge in [0.05, 0.1) is 46.3 Å². The van der Waals surface area contributed by atoms with Gasteiger partial charge in [-0.1, -0.05) is 140 Å². The molecule has 1 fully saturated rings. The fourth-order valence-corrected chi connectivity index (χ4v) is 9.51. The van der Waals surface area contributed by atoms with Crippen LogP contribution in [-0.2, 0) is 0 Å². The van der Waals surface area contributed by atoms with E-state index < -0.39 is 0 Å². The summed E-state index contributed by atoms with van der Waals surface area (Å²) in [5.41, 5.74) is 15.9. The van der Waals surface area contributed by atoms with Crippen LogP contribution >= 0.6 is 0 Å². The van der Waals surface area contributed by atoms with E-state index in [4.69, 9.17) is 0 Å². The summed E-state index contributed by atoms with van der Waals surface area (Å²) < 4.78 is 4.94. The lowest BCUT2D eigenvalue weighted by atomic mass is 9.92. The Kier molecular flexibility index (Phi) is 8.07. The predicted octanol–water partition coefficient (Wildman–Crippen LogP) is 12.2. The number of rotatable bonds is 6. The quantitative estimate of drug-likeness (QED) is 0.149. The molecule has 3 unspecified atom stereocenters. The number of fused-ring (bicyclic) bond motifs is 11. The number of aromatic nitrogens is 2. The maximum absolute atomic E-state index is 3.88. The molecule has 0 aliphatic carbocycles. The molecule has 2 aliphatic heterocycles. The van der Waals surface area contributed by atoms with Gasteiger partial charge in [0.1, 0.15) is 0 Å². The van der Waals surface area contributed by atoms with Crippen LogP contribution in [-0.4, -0.2) is 15.3 Å². The van der Waals surface area contributed by atoms with Crippen molar-refractivity contribution in [1.82, 2.24) is 25.1 Å². The zero-order valence-electron chi connectivity index (χ0n) is 32.1. The first-order valence-electron chi connectivity index (χ1n) is 20.2. The topological polar surface area (TPSA) is 46.0 Å². The van der Waals surface area contributed by atoms with Crippen LogP contribution in [0.4, 0.5) is 0 Å². The van der Waals surface area contributed by atoms with Gasteiger partial charge in [-0.15, -0.1) is 0 Å². The molecule has 0 radical (unpaired) electrons. The van der Waals surface area contributed by atoms with Crippen LogP contribution in [0.2, 0.25) is 0 Å². The van der Waals surface area contributed by atoms with Crippen molar-refractivity contribution in [2.45, 2.75) is 38.8 Å². The van der Waals surface area contributed by atoms with Gasteiger partial charge in [-0.05, 0) is 83.6 Å². The molecule has 5 heteroatoms. The molecule has 1 saturated heterocycles. The number of allylic oxidation sites excluding steroid dienone is 2. The minimum Gasteiger partial charge on any atom is -0.309 e. The highest BCUT2D eigenvalue weighted by Crippen LogP contribution is 2.49. The van der Waals surface area contributed by atoms with Crippen LogP contribution in [0, 0.1) is 0 Å². The molecular formula is C52H43N5. The average Bonchev–Trinajstić information content (AvgIpc) is 3.74. The van der Waals surface area contributed by atoms with Crippen molar-refractivity contribution in [2.24, 2.45) is 0 Å². The third kappa shape index (κ3) is 5.35. The summed E-state index contributed by atoms with van der Waals surface area (Å²) in [5.74, 6) is 0. The smallest absolute Gasteiger partial charge is 0.0864 e. The van der Waals surface area contributed by atoms with Gasteiger partial charge < -0.3 is 9.13 Å². The van der Waals surface area contributed by atoms with Crippen molar-refractivity contribution < 1.29 is 0 Å². The Morgan fingerprint density at radius 3 is 1.89 bits per heavy atom. The third-order valence-corrected chi connectivity index (χ3v) is 12.0. The van der Waals surface area contributed by atoms with E-state index in [-0.39, 0.29) is 18.5 Å². The maximum atomic E-state index is 3.88. The summed E-state index contributed by atoms with van der Waals surface area (Å²) in [6, 6.07) is 58.1. The van der Waals surface area contributed by atoms with Gasteiger partial charge in [0, 0.05) is 38.4 Å². The van der Waals surface area contributed by atoms with E-state index in [1.165, 1.54) is 88.3 Å². The third-order valence-electron chi connectivity index (χ3n) is 12.0. The molecule has 2 aliphatic rings. The predicted molar refractivity (Wildman–Crippen MR) is 238 cm³/mol. The Hall–Kier alpha value is -6.50. The molecule has 5 nitrogen and oxygen atoms in total. The molecule has 0 amide bonds. The molecule has 0 saturated carbocycles. The van der Waals surface area contributed by atoms with Crippen LogP contribution in [0.3, 0.4) is 0 Å². The van der Waals surface area contributed by atoms with Crippen molar-refractivity contribution in [2.75, 3.05) is 0 Å². The van der Waals surface area contributed by atoms with Gasteiger partial charge in [-0.3, -0.25) is 16.0 Å². The fraction of sp³-hybridized carbons (Fsp3) is 0.115. The normalized spacial score (nSPS) is 18.1. The number of hydrogen-bond donors (Lipinski definition) is 3. The van der Waals surface area contributed by atoms with Gasteiger partial charge in [0.2, 0.25) is 0 Å². The summed E-state index contributed by atoms with van der Waals surface area (Å²) in [6.07, 6.45) is 7.51. The number of para-hydroxylation sites is 4. The Balaban J connectivity index is 1.06. The largest absolute Gasteiger partial charge is 0.309 e. The maximum Gasteiger partial charge on any atom is 0.0864 e. The SMILES string of the molecule is C/C=C\C(=C/CC)C1NC(c2ccccc2)NC(c2ccc(-n3c4ccccc4c4cc5c(cc43)-c3ccccc3-n3c4ccccc4c4cccc-5c43)cc2)N1. The van der Waals surface area contributed by atoms with E-state index in [9.17, 15) is 0 Å². The monoisotopic (exact) mass is 737 g/mol. The first-order valence-corrected chi connectivity index (χ1v) is 20.2. The minimum absolute atomic E-state index is 0.0151. The van der Waals surface area contributed by atoms with Crippen LogP contribution in [0.5, 0.6) is 0 Å². The van der Waals surface area contributed by atoms with Gasteiger partial charge in [-0.25, -0.2) is 0 Å². The van der Waals surface area contributed by atoms with Crippen molar-refractivity contribution >= 4 is 43.6 Å². The summed E-state index contributed by atoms with van der Waals surface area (Å²) in [6.45, 7) is 4.28. The van der Waals surface area contributed by atoms with Gasteiger partial charge >= 0.3 is 0 Å². The van der Waals surface area contributed by atoms with Gasteiger partial charge in [-0.2, -0.15) is 0 Å². The number of nitrogens with one attached hydrogen (secondary N) is 3. The van der Waals surface area contributed by atoms with Crippen LogP contribution in [0.1, 0.15) is 43.7 Å². The molecule has 2 aromatic heterocycles. The Bertz CT molecular complexity index is 3050. The lowest BCUT2D eigenvalue weighted by Gasteiger charge is -2.40. The summed E-state index contributed by atoms with van der Waals surface area (Å²) in [5, 5.41) is 16.6. The van der Waals surface area contributed by atoms with Crippen molar-refractivity contribution in [3.8, 4) is 33.6 Å². The van der Waals surface area contributed by atoms with Crippen LogP contribution < -0.4 is 16.0 Å². The number of hydrogen-bond acceptors (Lipinski definition) is 3. The highest BCUT2D eigenvalue weighted by Gasteiger charge is 2.30. The average molecular weight is 738 g/mol. The highest BCUT2D eigenvalue weighted by molar-refractivity contribution is 6.19. The van der Waals surface area contributed by atoms with E-state index >= 15 is 0 Å². The number of benzene rings is 7. The molecule has 7 aromatic carbocycles. The second-order valence-electron chi connectivity index (χ2n) is 15.3. The van der Waals surface area contributed by atoms with E-state index in [2.05, 4.69) is 215 Å². The molecular weight excluding hydrogens is 695 g/mol. The molecule has 57 heavy (non-hydrogen) atoms. The molecule has 0 spiro atoms. The standard InChI is InChI=1S/C52H43N5/c1-3-15-33(16-4-2)50-53-51(34-17-6-5-7-18-34)55-52(54-50)35-27-29-36(30-28-35)56-45-24-11-10-21-39(45)44-31-42-41-23-14-22-40-37-19-8-12-25-46(37)57(49(40)41)47-26-13-9-20-38(47)43(42)32-48(44)56/h3,5-32,50-55H,4H2,1-2H3/b15-3-,33-16+. The molecule has 9 aromatic rings. The van der Waals surface area contributed by atoms with E-state index in [0.717, 1.165) is 12.1 Å².